The number of ether oxygens (including phenoxy) is 1. The van der Waals surface area contributed by atoms with Crippen molar-refractivity contribution in [3.05, 3.63) is 29.8 Å². The zero-order valence-corrected chi connectivity index (χ0v) is 10.4. The Morgan fingerprint density at radius 1 is 1.35 bits per heavy atom. The second kappa shape index (κ2) is 5.79. The Balaban J connectivity index is 2.68. The fourth-order valence-corrected chi connectivity index (χ4v) is 2.27. The van der Waals surface area contributed by atoms with Crippen molar-refractivity contribution in [1.29, 1.82) is 0 Å². The molecule has 0 unspecified atom stereocenters. The van der Waals surface area contributed by atoms with Gasteiger partial charge in [-0.3, -0.25) is 4.79 Å². The van der Waals surface area contributed by atoms with Crippen molar-refractivity contribution >= 4 is 16.0 Å². The van der Waals surface area contributed by atoms with E-state index in [0.29, 0.717) is 18.4 Å². The molecule has 1 aromatic carbocycles. The first kappa shape index (κ1) is 13.7. The number of primary sulfonamides is 1. The first-order valence-electron chi connectivity index (χ1n) is 5.15. The van der Waals surface area contributed by atoms with E-state index in [-0.39, 0.29) is 17.5 Å². The molecule has 0 saturated heterocycles. The molecular formula is C11H15NO4S. The van der Waals surface area contributed by atoms with Crippen LogP contribution < -0.4 is 5.14 Å². The average Bonchev–Trinajstić information content (AvgIpc) is 2.23. The molecule has 6 heteroatoms. The molecule has 0 bridgehead atoms. The van der Waals surface area contributed by atoms with Crippen LogP contribution in [0.1, 0.15) is 18.9 Å². The Kier molecular flexibility index (Phi) is 4.65. The second-order valence-electron chi connectivity index (χ2n) is 3.60. The number of sulfonamides is 1. The highest BCUT2D eigenvalue weighted by Gasteiger charge is 2.12. The molecule has 0 atom stereocenters. The number of benzene rings is 1. The van der Waals surface area contributed by atoms with E-state index in [1.807, 2.05) is 0 Å². The van der Waals surface area contributed by atoms with Gasteiger partial charge in [-0.15, -0.1) is 0 Å². The minimum atomic E-state index is -3.69. The fraction of sp³-hybridized carbons (Fsp3) is 0.364. The Morgan fingerprint density at radius 3 is 2.59 bits per heavy atom. The van der Waals surface area contributed by atoms with Crippen molar-refractivity contribution < 1.29 is 17.9 Å². The molecule has 0 aliphatic rings. The number of aryl methyl sites for hydroxylation is 1. The van der Waals surface area contributed by atoms with E-state index in [1.54, 1.807) is 18.2 Å². The minimum Gasteiger partial charge on any atom is -0.466 e. The maximum atomic E-state index is 11.3. The molecule has 17 heavy (non-hydrogen) atoms. The third-order valence-corrected chi connectivity index (χ3v) is 3.19. The summed E-state index contributed by atoms with van der Waals surface area (Å²) in [6.07, 6.45) is 1.06. The first-order chi connectivity index (χ1) is 7.91. The maximum absolute atomic E-state index is 11.3. The van der Waals surface area contributed by atoms with Crippen molar-refractivity contribution in [2.45, 2.75) is 24.7 Å². The zero-order valence-electron chi connectivity index (χ0n) is 9.55. The van der Waals surface area contributed by atoms with E-state index in [9.17, 15) is 13.2 Å². The summed E-state index contributed by atoms with van der Waals surface area (Å²) in [5, 5.41) is 5.10. The van der Waals surface area contributed by atoms with E-state index in [4.69, 9.17) is 9.88 Å². The molecule has 5 nitrogen and oxygen atoms in total. The standard InChI is InChI=1S/C11H15NO4S/c1-9(13)16-8-4-6-10-5-2-3-7-11(10)17(12,14)15/h2-3,5,7H,4,6,8H2,1H3,(H2,12,14,15). The van der Waals surface area contributed by atoms with Crippen LogP contribution >= 0.6 is 0 Å². The summed E-state index contributed by atoms with van der Waals surface area (Å²) in [7, 11) is -3.69. The number of rotatable bonds is 5. The molecule has 1 rings (SSSR count). The van der Waals surface area contributed by atoms with Gasteiger partial charge in [-0.1, -0.05) is 18.2 Å². The molecule has 94 valence electrons. The molecule has 0 saturated carbocycles. The Bertz CT molecular complexity index is 496. The van der Waals surface area contributed by atoms with E-state index < -0.39 is 10.0 Å². The molecule has 0 heterocycles. The van der Waals surface area contributed by atoms with Crippen LogP contribution in [0, 0.1) is 0 Å². The van der Waals surface area contributed by atoms with Crippen LogP contribution in [0.3, 0.4) is 0 Å². The first-order valence-corrected chi connectivity index (χ1v) is 6.70. The van der Waals surface area contributed by atoms with Crippen molar-refractivity contribution in [3.63, 3.8) is 0 Å². The highest BCUT2D eigenvalue weighted by Crippen LogP contribution is 2.15. The van der Waals surface area contributed by atoms with Crippen LogP contribution in [0.5, 0.6) is 0 Å². The molecular weight excluding hydrogens is 242 g/mol. The Hall–Kier alpha value is -1.40. The fourth-order valence-electron chi connectivity index (χ4n) is 1.47. The summed E-state index contributed by atoms with van der Waals surface area (Å²) in [5.74, 6) is -0.343. The summed E-state index contributed by atoms with van der Waals surface area (Å²) >= 11 is 0. The van der Waals surface area contributed by atoms with Gasteiger partial charge in [0.15, 0.2) is 0 Å². The lowest BCUT2D eigenvalue weighted by molar-refractivity contribution is -0.141. The molecule has 0 aliphatic carbocycles. The van der Waals surface area contributed by atoms with Gasteiger partial charge in [-0.2, -0.15) is 0 Å². The highest BCUT2D eigenvalue weighted by molar-refractivity contribution is 7.89. The van der Waals surface area contributed by atoms with Gasteiger partial charge in [-0.25, -0.2) is 13.6 Å². The van der Waals surface area contributed by atoms with Crippen LogP contribution in [0.2, 0.25) is 0 Å². The number of carbonyl (C=O) groups is 1. The third kappa shape index (κ3) is 4.54. The van der Waals surface area contributed by atoms with E-state index in [2.05, 4.69) is 0 Å². The summed E-state index contributed by atoms with van der Waals surface area (Å²) < 4.78 is 27.3. The number of nitrogens with two attached hydrogens (primary N) is 1. The highest BCUT2D eigenvalue weighted by atomic mass is 32.2. The van der Waals surface area contributed by atoms with Crippen molar-refractivity contribution in [2.75, 3.05) is 6.61 Å². The predicted molar refractivity (Wildman–Crippen MR) is 62.8 cm³/mol. The molecule has 0 aliphatic heterocycles. The van der Waals surface area contributed by atoms with Crippen molar-refractivity contribution in [1.82, 2.24) is 0 Å². The average molecular weight is 257 g/mol. The van der Waals surface area contributed by atoms with E-state index in [0.717, 1.165) is 0 Å². The lowest BCUT2D eigenvalue weighted by Crippen LogP contribution is -2.14. The maximum Gasteiger partial charge on any atom is 0.302 e. The van der Waals surface area contributed by atoms with Gasteiger partial charge in [0.25, 0.3) is 0 Å². The number of esters is 1. The van der Waals surface area contributed by atoms with Gasteiger partial charge >= 0.3 is 5.97 Å². The Labute approximate surface area is 101 Å². The van der Waals surface area contributed by atoms with Gasteiger partial charge in [0.2, 0.25) is 10.0 Å². The van der Waals surface area contributed by atoms with E-state index in [1.165, 1.54) is 13.0 Å². The van der Waals surface area contributed by atoms with E-state index >= 15 is 0 Å². The van der Waals surface area contributed by atoms with Crippen LogP contribution in [0.25, 0.3) is 0 Å². The molecule has 0 amide bonds. The molecule has 0 fully saturated rings. The van der Waals surface area contributed by atoms with Gasteiger partial charge < -0.3 is 4.74 Å². The third-order valence-electron chi connectivity index (χ3n) is 2.17. The van der Waals surface area contributed by atoms with Gasteiger partial charge in [0.1, 0.15) is 0 Å². The quantitative estimate of drug-likeness (QED) is 0.625. The largest absolute Gasteiger partial charge is 0.466 e. The number of carbonyl (C=O) groups excluding carboxylic acids is 1. The molecule has 2 N–H and O–H groups in total. The second-order valence-corrected chi connectivity index (χ2v) is 5.13. The smallest absolute Gasteiger partial charge is 0.302 e. The normalized spacial score (nSPS) is 11.2. The lowest BCUT2D eigenvalue weighted by atomic mass is 10.1. The summed E-state index contributed by atoms with van der Waals surface area (Å²) in [4.78, 5) is 10.7. The molecule has 1 aromatic rings. The van der Waals surface area contributed by atoms with Gasteiger partial charge in [0.05, 0.1) is 11.5 Å². The monoisotopic (exact) mass is 257 g/mol. The SMILES string of the molecule is CC(=O)OCCCc1ccccc1S(N)(=O)=O. The van der Waals surface area contributed by atoms with Crippen LogP contribution in [0.4, 0.5) is 0 Å². The van der Waals surface area contributed by atoms with Gasteiger partial charge in [0, 0.05) is 6.92 Å². The summed E-state index contributed by atoms with van der Waals surface area (Å²) in [6.45, 7) is 1.60. The van der Waals surface area contributed by atoms with Crippen LogP contribution in [0.15, 0.2) is 29.2 Å². The number of hydrogen-bond donors (Lipinski definition) is 1. The summed E-state index contributed by atoms with van der Waals surface area (Å²) in [6, 6.07) is 6.54. The van der Waals surface area contributed by atoms with Crippen LogP contribution in [-0.4, -0.2) is 21.0 Å². The molecule has 0 radical (unpaired) electrons. The lowest BCUT2D eigenvalue weighted by Gasteiger charge is -2.07. The Morgan fingerprint density at radius 2 is 2.00 bits per heavy atom. The number of hydrogen-bond acceptors (Lipinski definition) is 4. The minimum absolute atomic E-state index is 0.128. The molecule has 0 spiro atoms. The summed E-state index contributed by atoms with van der Waals surface area (Å²) in [5.41, 5.74) is 0.641. The van der Waals surface area contributed by atoms with Gasteiger partial charge in [-0.05, 0) is 24.5 Å². The molecule has 0 aromatic heterocycles. The predicted octanol–water partition coefficient (Wildman–Crippen LogP) is 0.830. The van der Waals surface area contributed by atoms with Crippen LogP contribution in [-0.2, 0) is 26.0 Å². The topological polar surface area (TPSA) is 86.5 Å². The zero-order chi connectivity index (χ0) is 12.9. The van der Waals surface area contributed by atoms with Crippen molar-refractivity contribution in [2.24, 2.45) is 5.14 Å². The van der Waals surface area contributed by atoms with Crippen molar-refractivity contribution in [3.8, 4) is 0 Å².